The Labute approximate surface area is 117 Å². The van der Waals surface area contributed by atoms with E-state index in [1.807, 2.05) is 38.1 Å². The molecule has 1 aromatic carbocycles. The average Bonchev–Trinajstić information content (AvgIpc) is 2.66. The third kappa shape index (κ3) is 1.46. The van der Waals surface area contributed by atoms with E-state index >= 15 is 0 Å². The van der Waals surface area contributed by atoms with Gasteiger partial charge in [-0.15, -0.1) is 0 Å². The van der Waals surface area contributed by atoms with Gasteiger partial charge in [-0.3, -0.25) is 0 Å². The molecule has 4 bridgehead atoms. The molecule has 4 fully saturated rings. The minimum atomic E-state index is -0.883. The molecule has 1 aromatic rings. The number of methoxy groups -OCH3 is 1. The fourth-order valence-electron chi connectivity index (χ4n) is 3.64. The maximum atomic E-state index is 6.17. The van der Waals surface area contributed by atoms with Crippen molar-refractivity contribution in [3.05, 3.63) is 29.8 Å². The van der Waals surface area contributed by atoms with Gasteiger partial charge in [0, 0.05) is 12.0 Å². The van der Waals surface area contributed by atoms with Crippen LogP contribution in [-0.2, 0) is 25.0 Å². The number of hydrogen-bond acceptors (Lipinski definition) is 5. The Balaban J connectivity index is 1.80. The number of rotatable bonds is 2. The summed E-state index contributed by atoms with van der Waals surface area (Å²) in [5, 5.41) is 0. The van der Waals surface area contributed by atoms with Crippen molar-refractivity contribution < 1.29 is 24.0 Å². The van der Waals surface area contributed by atoms with Crippen molar-refractivity contribution in [2.24, 2.45) is 5.92 Å². The summed E-state index contributed by atoms with van der Waals surface area (Å²) in [6, 6.07) is 7.71. The van der Waals surface area contributed by atoms with Crippen LogP contribution < -0.4 is 4.74 Å². The first-order valence-corrected chi connectivity index (χ1v) is 6.91. The molecule has 20 heavy (non-hydrogen) atoms. The van der Waals surface area contributed by atoms with Crippen LogP contribution in [0.4, 0.5) is 0 Å². The van der Waals surface area contributed by atoms with Crippen molar-refractivity contribution >= 4 is 0 Å². The first-order chi connectivity index (χ1) is 9.50. The van der Waals surface area contributed by atoms with Crippen molar-refractivity contribution in [1.82, 2.24) is 0 Å². The predicted molar refractivity (Wildman–Crippen MR) is 68.5 cm³/mol. The molecule has 0 saturated carbocycles. The Morgan fingerprint density at radius 1 is 1.10 bits per heavy atom. The van der Waals surface area contributed by atoms with Crippen LogP contribution >= 0.6 is 0 Å². The fourth-order valence-corrected chi connectivity index (χ4v) is 3.64. The van der Waals surface area contributed by atoms with Gasteiger partial charge in [0.2, 0.25) is 11.6 Å². The molecule has 0 N–H and O–H groups in total. The van der Waals surface area contributed by atoms with Crippen LogP contribution in [0.2, 0.25) is 0 Å². The van der Waals surface area contributed by atoms with Crippen LogP contribution in [0.3, 0.4) is 0 Å². The second-order valence-corrected chi connectivity index (χ2v) is 6.01. The Morgan fingerprint density at radius 2 is 1.85 bits per heavy atom. The van der Waals surface area contributed by atoms with Gasteiger partial charge in [-0.2, -0.15) is 9.78 Å². The van der Waals surface area contributed by atoms with Crippen LogP contribution in [0.25, 0.3) is 0 Å². The van der Waals surface area contributed by atoms with E-state index in [2.05, 4.69) is 0 Å². The molecule has 5 rings (SSSR count). The zero-order valence-corrected chi connectivity index (χ0v) is 11.8. The number of hydrogen-bond donors (Lipinski definition) is 0. The van der Waals surface area contributed by atoms with Gasteiger partial charge in [-0.05, 0) is 44.5 Å². The van der Waals surface area contributed by atoms with E-state index < -0.39 is 17.4 Å². The highest BCUT2D eigenvalue weighted by atomic mass is 17.3. The Bertz CT molecular complexity index is 544. The van der Waals surface area contributed by atoms with E-state index in [-0.39, 0.29) is 5.92 Å². The molecule has 4 atom stereocenters. The lowest BCUT2D eigenvalue weighted by Crippen LogP contribution is -2.62. The average molecular weight is 278 g/mol. The van der Waals surface area contributed by atoms with Gasteiger partial charge < -0.3 is 14.2 Å². The molecule has 4 aliphatic rings. The minimum Gasteiger partial charge on any atom is -0.497 e. The van der Waals surface area contributed by atoms with Crippen molar-refractivity contribution in [1.29, 1.82) is 0 Å². The van der Waals surface area contributed by atoms with Gasteiger partial charge in [-0.25, -0.2) is 0 Å². The van der Waals surface area contributed by atoms with E-state index in [9.17, 15) is 0 Å². The Hall–Kier alpha value is -1.14. The first-order valence-electron chi connectivity index (χ1n) is 6.91. The molecule has 108 valence electrons. The molecule has 4 heterocycles. The molecule has 0 spiro atoms. The topological polar surface area (TPSA) is 46.2 Å². The molecule has 2 unspecified atom stereocenters. The maximum absolute atomic E-state index is 6.17. The second kappa shape index (κ2) is 3.74. The molecule has 4 saturated heterocycles. The van der Waals surface area contributed by atoms with Gasteiger partial charge >= 0.3 is 0 Å². The van der Waals surface area contributed by atoms with E-state index in [1.165, 1.54) is 0 Å². The molecule has 5 heteroatoms. The quantitative estimate of drug-likeness (QED) is 0.778. The summed E-state index contributed by atoms with van der Waals surface area (Å²) in [4.78, 5) is 11.1. The van der Waals surface area contributed by atoms with Crippen LogP contribution in [0.15, 0.2) is 24.3 Å². The molecule has 4 aliphatic heterocycles. The molecule has 0 aliphatic carbocycles. The Kier molecular flexibility index (Phi) is 2.35. The van der Waals surface area contributed by atoms with Gasteiger partial charge in [0.15, 0.2) is 5.79 Å². The minimum absolute atomic E-state index is 0.0187. The number of benzene rings is 1. The highest BCUT2D eigenvalue weighted by molar-refractivity contribution is 5.32. The van der Waals surface area contributed by atoms with Crippen molar-refractivity contribution in [3.63, 3.8) is 0 Å². The molecular formula is C15H18O5. The molecule has 0 aromatic heterocycles. The molecule has 0 amide bonds. The summed E-state index contributed by atoms with van der Waals surface area (Å²) in [6.45, 7) is 3.86. The lowest BCUT2D eigenvalue weighted by molar-refractivity contribution is -0.433. The highest BCUT2D eigenvalue weighted by Gasteiger charge is 2.72. The largest absolute Gasteiger partial charge is 0.497 e. The summed E-state index contributed by atoms with van der Waals surface area (Å²) in [5.74, 6) is -1.47. The third-order valence-corrected chi connectivity index (χ3v) is 4.59. The zero-order valence-electron chi connectivity index (χ0n) is 11.8. The summed E-state index contributed by atoms with van der Waals surface area (Å²) in [5.41, 5.74) is 0.932. The summed E-state index contributed by atoms with van der Waals surface area (Å²) in [7, 11) is 1.65. The lowest BCUT2D eigenvalue weighted by Gasteiger charge is -2.54. The van der Waals surface area contributed by atoms with Crippen LogP contribution in [0.1, 0.15) is 32.3 Å². The van der Waals surface area contributed by atoms with Crippen molar-refractivity contribution in [2.75, 3.05) is 7.11 Å². The van der Waals surface area contributed by atoms with E-state index in [1.54, 1.807) is 7.11 Å². The number of fused-ring (bicyclic) bond motifs is 1. The van der Waals surface area contributed by atoms with Crippen molar-refractivity contribution in [2.45, 2.75) is 44.1 Å². The van der Waals surface area contributed by atoms with E-state index in [0.29, 0.717) is 0 Å². The van der Waals surface area contributed by atoms with Gasteiger partial charge in [0.25, 0.3) is 0 Å². The lowest BCUT2D eigenvalue weighted by atomic mass is 9.76. The summed E-state index contributed by atoms with van der Waals surface area (Å²) >= 11 is 0. The van der Waals surface area contributed by atoms with E-state index in [4.69, 9.17) is 24.0 Å². The maximum Gasteiger partial charge on any atom is 0.238 e. The van der Waals surface area contributed by atoms with Gasteiger partial charge in [0.05, 0.1) is 13.0 Å². The summed E-state index contributed by atoms with van der Waals surface area (Å²) < 4.78 is 17.3. The van der Waals surface area contributed by atoms with E-state index in [0.717, 1.165) is 24.2 Å². The standard InChI is InChI=1S/C15H18O5/c1-13-9-8-12-14(2,17-13)19-20-15(12,18-13)10-4-6-11(16-3)7-5-10/h4-7,12H,8-9H2,1-3H3/t12?,13?,14-,15+/m1/s1. The van der Waals surface area contributed by atoms with Crippen molar-refractivity contribution in [3.8, 4) is 5.75 Å². The molecule has 5 nitrogen and oxygen atoms in total. The smallest absolute Gasteiger partial charge is 0.238 e. The summed E-state index contributed by atoms with van der Waals surface area (Å²) in [6.07, 6.45) is 1.79. The monoisotopic (exact) mass is 278 g/mol. The van der Waals surface area contributed by atoms with Crippen LogP contribution in [0, 0.1) is 5.92 Å². The van der Waals surface area contributed by atoms with Gasteiger partial charge in [0.1, 0.15) is 5.75 Å². The first kappa shape index (κ1) is 12.6. The third-order valence-electron chi connectivity index (χ3n) is 4.59. The normalized spacial score (nSPS) is 45.6. The number of ether oxygens (including phenoxy) is 3. The fraction of sp³-hybridized carbons (Fsp3) is 0.600. The zero-order chi connectivity index (χ0) is 14.0. The Morgan fingerprint density at radius 3 is 2.50 bits per heavy atom. The van der Waals surface area contributed by atoms with Gasteiger partial charge in [-0.1, -0.05) is 0 Å². The van der Waals surface area contributed by atoms with Crippen LogP contribution in [-0.4, -0.2) is 18.7 Å². The van der Waals surface area contributed by atoms with Crippen LogP contribution in [0.5, 0.6) is 5.75 Å². The molecule has 0 radical (unpaired) electrons. The second-order valence-electron chi connectivity index (χ2n) is 6.01. The highest BCUT2D eigenvalue weighted by Crippen LogP contribution is 2.62. The molecular weight excluding hydrogens is 260 g/mol. The predicted octanol–water partition coefficient (Wildman–Crippen LogP) is 2.70. The SMILES string of the molecule is COc1ccc([C@]23OO[C@@]4(C)OC(C)(CCC42)O3)cc1.